The molecule has 0 saturated carbocycles. The molecule has 1 aliphatic rings. The van der Waals surface area contributed by atoms with E-state index in [0.29, 0.717) is 11.8 Å². The number of likely N-dealkylation sites (tertiary alicyclic amines) is 1. The molecule has 0 aromatic carbocycles. The molecule has 1 rings (SSSR count). The summed E-state index contributed by atoms with van der Waals surface area (Å²) >= 11 is 0. The van der Waals surface area contributed by atoms with Crippen LogP contribution in [0.25, 0.3) is 0 Å². The quantitative estimate of drug-likeness (QED) is 0.825. The molecule has 3 nitrogen and oxygen atoms in total. The van der Waals surface area contributed by atoms with Crippen LogP contribution in [-0.2, 0) is 4.79 Å². The second kappa shape index (κ2) is 8.76. The monoisotopic (exact) mass is 262 g/mol. The zero-order valence-corrected chi connectivity index (χ0v) is 12.2. The van der Waals surface area contributed by atoms with Crippen LogP contribution in [0.1, 0.15) is 39.5 Å². The summed E-state index contributed by atoms with van der Waals surface area (Å²) in [4.78, 5) is 14.3. The van der Waals surface area contributed by atoms with Crippen molar-refractivity contribution in [2.45, 2.75) is 39.5 Å². The molecule has 17 heavy (non-hydrogen) atoms. The lowest BCUT2D eigenvalue weighted by Crippen LogP contribution is -2.44. The SMILES string of the molecule is CCC(CC)C(=O)N1CCCC(CNC)C1.Cl. The number of carbonyl (C=O) groups excluding carboxylic acids is 1. The highest BCUT2D eigenvalue weighted by atomic mass is 35.5. The second-order valence-electron chi connectivity index (χ2n) is 4.86. The molecule has 1 atom stereocenters. The number of rotatable bonds is 5. The summed E-state index contributed by atoms with van der Waals surface area (Å²) in [6, 6.07) is 0. The standard InChI is InChI=1S/C13H26N2O.ClH/c1-4-12(5-2)13(16)15-8-6-7-11(10-15)9-14-3;/h11-12,14H,4-10H2,1-3H3;1H. The minimum absolute atomic E-state index is 0. The lowest BCUT2D eigenvalue weighted by Gasteiger charge is -2.34. The number of carbonyl (C=O) groups is 1. The highest BCUT2D eigenvalue weighted by Crippen LogP contribution is 2.20. The van der Waals surface area contributed by atoms with Crippen LogP contribution in [0.4, 0.5) is 0 Å². The fraction of sp³-hybridized carbons (Fsp3) is 0.923. The highest BCUT2D eigenvalue weighted by Gasteiger charge is 2.26. The Labute approximate surface area is 112 Å². The first-order valence-corrected chi connectivity index (χ1v) is 6.66. The predicted molar refractivity (Wildman–Crippen MR) is 74.6 cm³/mol. The number of halogens is 1. The van der Waals surface area contributed by atoms with Crippen molar-refractivity contribution in [2.24, 2.45) is 11.8 Å². The van der Waals surface area contributed by atoms with Gasteiger partial charge in [0, 0.05) is 19.0 Å². The number of amides is 1. The number of nitrogens with zero attached hydrogens (tertiary/aromatic N) is 1. The smallest absolute Gasteiger partial charge is 0.225 e. The summed E-state index contributed by atoms with van der Waals surface area (Å²) in [5.74, 6) is 1.27. The molecular formula is C13H27ClN2O. The Bertz CT molecular complexity index is 217. The van der Waals surface area contributed by atoms with E-state index in [1.807, 2.05) is 7.05 Å². The molecule has 4 heteroatoms. The van der Waals surface area contributed by atoms with E-state index in [-0.39, 0.29) is 18.3 Å². The normalized spacial score (nSPS) is 20.2. The summed E-state index contributed by atoms with van der Waals surface area (Å²) in [7, 11) is 1.99. The maximum absolute atomic E-state index is 12.2. The highest BCUT2D eigenvalue weighted by molar-refractivity contribution is 5.85. The molecule has 1 saturated heterocycles. The number of piperidine rings is 1. The van der Waals surface area contributed by atoms with Crippen molar-refractivity contribution >= 4 is 18.3 Å². The van der Waals surface area contributed by atoms with Crippen LogP contribution in [0.2, 0.25) is 0 Å². The molecule has 1 N–H and O–H groups in total. The van der Waals surface area contributed by atoms with Gasteiger partial charge in [0.15, 0.2) is 0 Å². The zero-order valence-electron chi connectivity index (χ0n) is 11.4. The third kappa shape index (κ3) is 4.84. The van der Waals surface area contributed by atoms with Crippen LogP contribution < -0.4 is 5.32 Å². The van der Waals surface area contributed by atoms with Crippen LogP contribution in [0.3, 0.4) is 0 Å². The Balaban J connectivity index is 0.00000256. The lowest BCUT2D eigenvalue weighted by molar-refractivity contribution is -0.137. The number of hydrogen-bond acceptors (Lipinski definition) is 2. The first kappa shape index (κ1) is 16.7. The summed E-state index contributed by atoms with van der Waals surface area (Å²) in [5.41, 5.74) is 0. The molecule has 0 aromatic rings. The van der Waals surface area contributed by atoms with E-state index in [0.717, 1.165) is 38.9 Å². The van der Waals surface area contributed by atoms with E-state index >= 15 is 0 Å². The van der Waals surface area contributed by atoms with Gasteiger partial charge in [-0.25, -0.2) is 0 Å². The maximum Gasteiger partial charge on any atom is 0.225 e. The number of hydrogen-bond donors (Lipinski definition) is 1. The van der Waals surface area contributed by atoms with Crippen LogP contribution in [0.5, 0.6) is 0 Å². The predicted octanol–water partition coefficient (Wildman–Crippen LogP) is 2.30. The van der Waals surface area contributed by atoms with Gasteiger partial charge in [-0.05, 0) is 45.2 Å². The summed E-state index contributed by atoms with van der Waals surface area (Å²) in [6.45, 7) is 7.18. The summed E-state index contributed by atoms with van der Waals surface area (Å²) < 4.78 is 0. The minimum atomic E-state index is 0. The minimum Gasteiger partial charge on any atom is -0.342 e. The van der Waals surface area contributed by atoms with Crippen molar-refractivity contribution < 1.29 is 4.79 Å². The Morgan fingerprint density at radius 2 is 2.06 bits per heavy atom. The van der Waals surface area contributed by atoms with Gasteiger partial charge in [0.05, 0.1) is 0 Å². The van der Waals surface area contributed by atoms with Crippen molar-refractivity contribution in [3.63, 3.8) is 0 Å². The lowest BCUT2D eigenvalue weighted by atomic mass is 9.95. The van der Waals surface area contributed by atoms with Crippen molar-refractivity contribution in [2.75, 3.05) is 26.7 Å². The molecule has 0 bridgehead atoms. The van der Waals surface area contributed by atoms with Gasteiger partial charge in [-0.15, -0.1) is 12.4 Å². The Hall–Kier alpha value is -0.280. The van der Waals surface area contributed by atoms with E-state index in [1.54, 1.807) is 0 Å². The van der Waals surface area contributed by atoms with E-state index in [4.69, 9.17) is 0 Å². The van der Waals surface area contributed by atoms with Gasteiger partial charge in [0.2, 0.25) is 5.91 Å². The Morgan fingerprint density at radius 3 is 2.59 bits per heavy atom. The molecule has 1 unspecified atom stereocenters. The third-order valence-corrected chi connectivity index (χ3v) is 3.66. The fourth-order valence-electron chi connectivity index (χ4n) is 2.62. The maximum atomic E-state index is 12.2. The van der Waals surface area contributed by atoms with Gasteiger partial charge < -0.3 is 10.2 Å². The van der Waals surface area contributed by atoms with Gasteiger partial charge in [-0.1, -0.05) is 13.8 Å². The van der Waals surface area contributed by atoms with Gasteiger partial charge in [0.1, 0.15) is 0 Å². The first-order valence-electron chi connectivity index (χ1n) is 6.66. The third-order valence-electron chi connectivity index (χ3n) is 3.66. The van der Waals surface area contributed by atoms with Crippen molar-refractivity contribution in [3.8, 4) is 0 Å². The van der Waals surface area contributed by atoms with E-state index in [1.165, 1.54) is 6.42 Å². The molecule has 1 aliphatic heterocycles. The Morgan fingerprint density at radius 1 is 1.41 bits per heavy atom. The first-order chi connectivity index (χ1) is 7.72. The molecule has 1 amide bonds. The molecule has 1 heterocycles. The molecule has 0 aliphatic carbocycles. The molecule has 1 fully saturated rings. The average Bonchev–Trinajstić information content (AvgIpc) is 2.31. The zero-order chi connectivity index (χ0) is 12.0. The molecule has 102 valence electrons. The van der Waals surface area contributed by atoms with E-state index < -0.39 is 0 Å². The van der Waals surface area contributed by atoms with Crippen LogP contribution in [-0.4, -0.2) is 37.5 Å². The van der Waals surface area contributed by atoms with Crippen LogP contribution in [0, 0.1) is 11.8 Å². The Kier molecular flexibility index (Phi) is 8.61. The molecule has 0 spiro atoms. The fourth-order valence-corrected chi connectivity index (χ4v) is 2.62. The second-order valence-corrected chi connectivity index (χ2v) is 4.86. The van der Waals surface area contributed by atoms with Crippen molar-refractivity contribution in [1.82, 2.24) is 10.2 Å². The topological polar surface area (TPSA) is 32.3 Å². The van der Waals surface area contributed by atoms with Gasteiger partial charge in [-0.2, -0.15) is 0 Å². The summed E-state index contributed by atoms with van der Waals surface area (Å²) in [6.07, 6.45) is 4.37. The molecule has 0 radical (unpaired) electrons. The van der Waals surface area contributed by atoms with Crippen molar-refractivity contribution in [1.29, 1.82) is 0 Å². The molecular weight excluding hydrogens is 236 g/mol. The largest absolute Gasteiger partial charge is 0.342 e. The van der Waals surface area contributed by atoms with E-state index in [9.17, 15) is 4.79 Å². The van der Waals surface area contributed by atoms with Crippen LogP contribution >= 0.6 is 12.4 Å². The van der Waals surface area contributed by atoms with Gasteiger partial charge >= 0.3 is 0 Å². The van der Waals surface area contributed by atoms with Gasteiger partial charge in [0.25, 0.3) is 0 Å². The van der Waals surface area contributed by atoms with E-state index in [2.05, 4.69) is 24.1 Å². The van der Waals surface area contributed by atoms with Crippen molar-refractivity contribution in [3.05, 3.63) is 0 Å². The van der Waals surface area contributed by atoms with Gasteiger partial charge in [-0.3, -0.25) is 4.79 Å². The summed E-state index contributed by atoms with van der Waals surface area (Å²) in [5, 5.41) is 3.22. The average molecular weight is 263 g/mol. The van der Waals surface area contributed by atoms with Crippen LogP contribution in [0.15, 0.2) is 0 Å². The number of nitrogens with one attached hydrogen (secondary N) is 1. The molecule has 0 aromatic heterocycles.